The molecule has 0 fully saturated rings. The molecule has 2 aromatic carbocycles. The molecular formula is C18H12INO2. The molecule has 108 valence electrons. The highest BCUT2D eigenvalue weighted by Gasteiger charge is 2.17. The Morgan fingerprint density at radius 1 is 0.818 bits per heavy atom. The molecule has 1 aliphatic heterocycles. The molecular weight excluding hydrogens is 389 g/mol. The first-order valence-electron chi connectivity index (χ1n) is 6.95. The Balaban J connectivity index is 0.00000125. The lowest BCUT2D eigenvalue weighted by Gasteiger charge is -2.02. The zero-order valence-electron chi connectivity index (χ0n) is 11.6. The summed E-state index contributed by atoms with van der Waals surface area (Å²) in [4.78, 5) is 0. The Bertz CT molecular complexity index is 1030. The highest BCUT2D eigenvalue weighted by molar-refractivity contribution is 5.98. The van der Waals surface area contributed by atoms with Crippen LogP contribution in [0, 0.1) is 0 Å². The van der Waals surface area contributed by atoms with Gasteiger partial charge in [0.2, 0.25) is 12.3 Å². The molecule has 0 bridgehead atoms. The minimum absolute atomic E-state index is 0. The van der Waals surface area contributed by atoms with Crippen molar-refractivity contribution < 1.29 is 37.9 Å². The predicted molar refractivity (Wildman–Crippen MR) is 80.7 cm³/mol. The molecule has 0 N–H and O–H groups in total. The fraction of sp³-hybridized carbons (Fsp3) is 0.0556. The second-order valence-corrected chi connectivity index (χ2v) is 5.30. The Kier molecular flexibility index (Phi) is 3.07. The fourth-order valence-corrected chi connectivity index (χ4v) is 3.02. The monoisotopic (exact) mass is 401 g/mol. The van der Waals surface area contributed by atoms with Gasteiger partial charge >= 0.3 is 0 Å². The van der Waals surface area contributed by atoms with Crippen molar-refractivity contribution in [3.05, 3.63) is 60.9 Å². The Morgan fingerprint density at radius 3 is 2.45 bits per heavy atom. The number of aromatic nitrogens is 1. The zero-order chi connectivity index (χ0) is 13.8. The molecule has 3 nitrogen and oxygen atoms in total. The van der Waals surface area contributed by atoms with E-state index in [1.165, 1.54) is 21.7 Å². The van der Waals surface area contributed by atoms with Gasteiger partial charge in [-0.1, -0.05) is 18.2 Å². The highest BCUT2D eigenvalue weighted by Crippen LogP contribution is 2.36. The molecule has 0 aliphatic carbocycles. The number of pyridine rings is 2. The Hall–Kier alpha value is -2.08. The molecule has 1 aliphatic rings. The number of nitrogens with zero attached hydrogens (tertiary/aromatic N) is 1. The minimum Gasteiger partial charge on any atom is -1.00 e. The van der Waals surface area contributed by atoms with E-state index in [-0.39, 0.29) is 24.0 Å². The van der Waals surface area contributed by atoms with Crippen LogP contribution in [-0.4, -0.2) is 6.79 Å². The molecule has 3 heterocycles. The second kappa shape index (κ2) is 4.98. The van der Waals surface area contributed by atoms with Crippen LogP contribution in [0.2, 0.25) is 0 Å². The van der Waals surface area contributed by atoms with Crippen LogP contribution in [-0.2, 0) is 0 Å². The molecule has 4 aromatic rings. The van der Waals surface area contributed by atoms with E-state index < -0.39 is 0 Å². The van der Waals surface area contributed by atoms with Gasteiger partial charge in [0.25, 0.3) is 0 Å². The van der Waals surface area contributed by atoms with Crippen LogP contribution >= 0.6 is 0 Å². The maximum atomic E-state index is 5.51. The van der Waals surface area contributed by atoms with Crippen molar-refractivity contribution in [1.82, 2.24) is 0 Å². The summed E-state index contributed by atoms with van der Waals surface area (Å²) in [6.07, 6.45) is 4.25. The third-order valence-corrected chi connectivity index (χ3v) is 4.08. The summed E-state index contributed by atoms with van der Waals surface area (Å²) in [6, 6.07) is 16.9. The van der Waals surface area contributed by atoms with Gasteiger partial charge in [-0.2, -0.15) is 4.40 Å². The van der Waals surface area contributed by atoms with E-state index in [0.717, 1.165) is 16.9 Å². The normalized spacial score (nSPS) is 12.7. The minimum atomic E-state index is 0. The molecule has 5 rings (SSSR count). The van der Waals surface area contributed by atoms with Crippen molar-refractivity contribution in [2.45, 2.75) is 0 Å². The van der Waals surface area contributed by atoms with Crippen molar-refractivity contribution in [3.63, 3.8) is 0 Å². The van der Waals surface area contributed by atoms with Gasteiger partial charge in [0.05, 0.1) is 5.39 Å². The average Bonchev–Trinajstić information content (AvgIpc) is 2.98. The summed E-state index contributed by atoms with van der Waals surface area (Å²) in [6.45, 7) is 0.305. The summed E-state index contributed by atoms with van der Waals surface area (Å²) in [7, 11) is 0. The summed E-state index contributed by atoms with van der Waals surface area (Å²) < 4.78 is 13.1. The molecule has 4 heteroatoms. The van der Waals surface area contributed by atoms with Crippen molar-refractivity contribution in [3.8, 4) is 11.5 Å². The smallest absolute Gasteiger partial charge is 0.231 e. The quantitative estimate of drug-likeness (QED) is 0.185. The lowest BCUT2D eigenvalue weighted by atomic mass is 10.1. The number of fused-ring (bicyclic) bond motifs is 5. The van der Waals surface area contributed by atoms with E-state index in [1.54, 1.807) is 0 Å². The lowest BCUT2D eigenvalue weighted by molar-refractivity contribution is -0.509. The molecule has 0 saturated heterocycles. The first kappa shape index (κ1) is 13.6. The van der Waals surface area contributed by atoms with E-state index in [1.807, 2.05) is 6.07 Å². The van der Waals surface area contributed by atoms with E-state index in [2.05, 4.69) is 59.3 Å². The van der Waals surface area contributed by atoms with E-state index in [0.29, 0.717) is 6.79 Å². The molecule has 0 atom stereocenters. The van der Waals surface area contributed by atoms with Gasteiger partial charge in [0.15, 0.2) is 23.9 Å². The third kappa shape index (κ3) is 1.90. The van der Waals surface area contributed by atoms with Crippen molar-refractivity contribution >= 4 is 27.1 Å². The van der Waals surface area contributed by atoms with Crippen molar-refractivity contribution in [2.75, 3.05) is 6.79 Å². The fourth-order valence-electron chi connectivity index (χ4n) is 3.02. The number of hydrogen-bond donors (Lipinski definition) is 0. The summed E-state index contributed by atoms with van der Waals surface area (Å²) in [5.41, 5.74) is 1.17. The van der Waals surface area contributed by atoms with Crippen LogP contribution in [0.4, 0.5) is 0 Å². The van der Waals surface area contributed by atoms with Crippen molar-refractivity contribution in [2.24, 2.45) is 0 Å². The Labute approximate surface area is 144 Å². The first-order chi connectivity index (χ1) is 10.4. The first-order valence-corrected chi connectivity index (χ1v) is 6.95. The van der Waals surface area contributed by atoms with Crippen LogP contribution < -0.4 is 37.9 Å². The number of rotatable bonds is 0. The van der Waals surface area contributed by atoms with E-state index >= 15 is 0 Å². The highest BCUT2D eigenvalue weighted by atomic mass is 127. The van der Waals surface area contributed by atoms with Crippen LogP contribution in [0.5, 0.6) is 11.5 Å². The van der Waals surface area contributed by atoms with Crippen molar-refractivity contribution in [1.29, 1.82) is 0 Å². The van der Waals surface area contributed by atoms with Gasteiger partial charge in [-0.05, 0) is 29.0 Å². The summed E-state index contributed by atoms with van der Waals surface area (Å²) in [5.74, 6) is 1.65. The van der Waals surface area contributed by atoms with Gasteiger partial charge in [0, 0.05) is 17.5 Å². The average molecular weight is 401 g/mol. The SMILES string of the molecule is [I-].c1ccc2c[n+]3ccc4cc5c(cc4c3cc2c1)OCO5. The van der Waals surface area contributed by atoms with E-state index in [4.69, 9.17) is 9.47 Å². The summed E-state index contributed by atoms with van der Waals surface area (Å²) in [5, 5.41) is 4.81. The molecule has 0 unspecified atom stereocenters. The lowest BCUT2D eigenvalue weighted by Crippen LogP contribution is -3.00. The molecule has 0 radical (unpaired) electrons. The number of halogens is 1. The third-order valence-electron chi connectivity index (χ3n) is 4.08. The number of ether oxygens (including phenoxy) is 2. The largest absolute Gasteiger partial charge is 1.00 e. The number of hydrogen-bond acceptors (Lipinski definition) is 2. The van der Waals surface area contributed by atoms with Gasteiger partial charge in [-0.15, -0.1) is 0 Å². The topological polar surface area (TPSA) is 22.6 Å². The van der Waals surface area contributed by atoms with Gasteiger partial charge < -0.3 is 33.5 Å². The maximum absolute atomic E-state index is 5.51. The second-order valence-electron chi connectivity index (χ2n) is 5.30. The van der Waals surface area contributed by atoms with Crippen LogP contribution in [0.1, 0.15) is 0 Å². The van der Waals surface area contributed by atoms with Gasteiger partial charge in [0.1, 0.15) is 0 Å². The van der Waals surface area contributed by atoms with Gasteiger partial charge in [-0.25, -0.2) is 0 Å². The van der Waals surface area contributed by atoms with Crippen LogP contribution in [0.3, 0.4) is 0 Å². The Morgan fingerprint density at radius 2 is 1.59 bits per heavy atom. The summed E-state index contributed by atoms with van der Waals surface area (Å²) >= 11 is 0. The predicted octanol–water partition coefficient (Wildman–Crippen LogP) is 0.464. The van der Waals surface area contributed by atoms with Gasteiger partial charge in [-0.3, -0.25) is 0 Å². The zero-order valence-corrected chi connectivity index (χ0v) is 13.8. The maximum Gasteiger partial charge on any atom is 0.231 e. The molecule has 0 spiro atoms. The number of benzene rings is 2. The molecule has 0 amide bonds. The molecule has 0 saturated carbocycles. The van der Waals surface area contributed by atoms with Crippen LogP contribution in [0.15, 0.2) is 60.9 Å². The molecule has 2 aromatic heterocycles. The van der Waals surface area contributed by atoms with Crippen LogP contribution in [0.25, 0.3) is 27.1 Å². The standard InChI is InChI=1S/C18H12NO2.HI/c1-2-4-14-10-19-6-5-13-8-17-18(21-11-20-17)9-15(13)16(19)7-12(14)3-1;/h1-10H,11H2;1H/q+1;/p-1. The molecule has 22 heavy (non-hydrogen) atoms. The van der Waals surface area contributed by atoms with E-state index in [9.17, 15) is 0 Å².